The average molecular weight is 326 g/mol. The second-order valence-electron chi connectivity index (χ2n) is 6.52. The molecular formula is C15H22N2O6. The standard InChI is InChI=1S/C15H22N2O6/c1-5-22-13(20)10-8-17(12(19)11(10)18)9-6-16(7-9)14(21)23-15(2,3)4/h9,18H,5-8H2,1-4H3. The number of aliphatic hydroxyl groups excluding tert-OH is 1. The van der Waals surface area contributed by atoms with Gasteiger partial charge in [0.1, 0.15) is 11.2 Å². The van der Waals surface area contributed by atoms with Crippen molar-refractivity contribution in [1.29, 1.82) is 0 Å². The molecule has 0 aromatic heterocycles. The first-order chi connectivity index (χ1) is 10.6. The molecule has 23 heavy (non-hydrogen) atoms. The number of hydrogen-bond acceptors (Lipinski definition) is 6. The van der Waals surface area contributed by atoms with E-state index in [0.717, 1.165) is 0 Å². The molecule has 2 rings (SSSR count). The normalized spacial score (nSPS) is 19.0. The minimum Gasteiger partial charge on any atom is -0.503 e. The van der Waals surface area contributed by atoms with Crippen molar-refractivity contribution < 1.29 is 29.0 Å². The zero-order chi connectivity index (χ0) is 17.4. The molecule has 2 aliphatic heterocycles. The van der Waals surface area contributed by atoms with Crippen molar-refractivity contribution in [3.8, 4) is 0 Å². The highest BCUT2D eigenvalue weighted by Gasteiger charge is 2.44. The first-order valence-corrected chi connectivity index (χ1v) is 7.52. The molecule has 0 spiro atoms. The summed E-state index contributed by atoms with van der Waals surface area (Å²) in [7, 11) is 0. The van der Waals surface area contributed by atoms with Crippen LogP contribution in [0.3, 0.4) is 0 Å². The van der Waals surface area contributed by atoms with Crippen LogP contribution in [-0.4, -0.2) is 70.8 Å². The summed E-state index contributed by atoms with van der Waals surface area (Å²) in [5.74, 6) is -1.87. The first kappa shape index (κ1) is 17.1. The summed E-state index contributed by atoms with van der Waals surface area (Å²) < 4.78 is 10.1. The van der Waals surface area contributed by atoms with Gasteiger partial charge in [0.05, 0.1) is 19.2 Å². The third-order valence-corrected chi connectivity index (χ3v) is 3.55. The summed E-state index contributed by atoms with van der Waals surface area (Å²) in [6.45, 7) is 7.76. The van der Waals surface area contributed by atoms with E-state index in [9.17, 15) is 19.5 Å². The highest BCUT2D eigenvalue weighted by atomic mass is 16.6. The summed E-state index contributed by atoms with van der Waals surface area (Å²) in [5, 5.41) is 9.80. The van der Waals surface area contributed by atoms with Gasteiger partial charge < -0.3 is 24.4 Å². The second kappa shape index (κ2) is 6.10. The van der Waals surface area contributed by atoms with Gasteiger partial charge in [-0.25, -0.2) is 9.59 Å². The van der Waals surface area contributed by atoms with Crippen LogP contribution in [0.1, 0.15) is 27.7 Å². The van der Waals surface area contributed by atoms with Gasteiger partial charge in [-0.05, 0) is 27.7 Å². The summed E-state index contributed by atoms with van der Waals surface area (Å²) in [6, 6.07) is -0.246. The maximum Gasteiger partial charge on any atom is 0.410 e. The van der Waals surface area contributed by atoms with E-state index in [-0.39, 0.29) is 24.8 Å². The van der Waals surface area contributed by atoms with Crippen LogP contribution in [0.2, 0.25) is 0 Å². The van der Waals surface area contributed by atoms with Crippen LogP contribution in [0.15, 0.2) is 11.3 Å². The van der Waals surface area contributed by atoms with Gasteiger partial charge in [-0.15, -0.1) is 0 Å². The van der Waals surface area contributed by atoms with Gasteiger partial charge in [-0.2, -0.15) is 0 Å². The Balaban J connectivity index is 1.91. The van der Waals surface area contributed by atoms with Gasteiger partial charge >= 0.3 is 12.1 Å². The number of amides is 2. The van der Waals surface area contributed by atoms with Crippen molar-refractivity contribution in [3.05, 3.63) is 11.3 Å². The SMILES string of the molecule is CCOC(=O)C1=C(O)C(=O)N(C2CN(C(=O)OC(C)(C)C)C2)C1. The maximum atomic E-state index is 12.0. The fraction of sp³-hybridized carbons (Fsp3) is 0.667. The van der Waals surface area contributed by atoms with Crippen LogP contribution < -0.4 is 0 Å². The van der Waals surface area contributed by atoms with Crippen molar-refractivity contribution in [1.82, 2.24) is 9.80 Å². The molecule has 0 aromatic carbocycles. The van der Waals surface area contributed by atoms with Gasteiger partial charge in [0, 0.05) is 13.1 Å². The summed E-state index contributed by atoms with van der Waals surface area (Å²) in [4.78, 5) is 38.5. The third-order valence-electron chi connectivity index (χ3n) is 3.55. The second-order valence-corrected chi connectivity index (χ2v) is 6.52. The highest BCUT2D eigenvalue weighted by Crippen LogP contribution is 2.26. The van der Waals surface area contributed by atoms with E-state index in [1.165, 1.54) is 9.80 Å². The molecule has 0 atom stereocenters. The Labute approximate surface area is 134 Å². The number of ether oxygens (including phenoxy) is 2. The Hall–Kier alpha value is -2.25. The van der Waals surface area contributed by atoms with Crippen molar-refractivity contribution in [3.63, 3.8) is 0 Å². The molecule has 0 radical (unpaired) electrons. The topological polar surface area (TPSA) is 96.4 Å². The fourth-order valence-corrected chi connectivity index (χ4v) is 2.38. The molecule has 1 saturated heterocycles. The van der Waals surface area contributed by atoms with Gasteiger partial charge in [0.2, 0.25) is 0 Å². The van der Waals surface area contributed by atoms with Crippen molar-refractivity contribution >= 4 is 18.0 Å². The monoisotopic (exact) mass is 326 g/mol. The quantitative estimate of drug-likeness (QED) is 0.772. The summed E-state index contributed by atoms with van der Waals surface area (Å²) in [6.07, 6.45) is -0.441. The maximum absolute atomic E-state index is 12.0. The zero-order valence-corrected chi connectivity index (χ0v) is 13.8. The highest BCUT2D eigenvalue weighted by molar-refractivity contribution is 6.05. The zero-order valence-electron chi connectivity index (χ0n) is 13.8. The van der Waals surface area contributed by atoms with Crippen LogP contribution in [0, 0.1) is 0 Å². The fourth-order valence-electron chi connectivity index (χ4n) is 2.38. The van der Waals surface area contributed by atoms with Crippen LogP contribution in [0.5, 0.6) is 0 Å². The van der Waals surface area contributed by atoms with Crippen molar-refractivity contribution in [2.45, 2.75) is 39.3 Å². The molecule has 8 heteroatoms. The number of carbonyl (C=O) groups is 3. The summed E-state index contributed by atoms with van der Waals surface area (Å²) in [5.41, 5.74) is -0.615. The largest absolute Gasteiger partial charge is 0.503 e. The van der Waals surface area contributed by atoms with Crippen molar-refractivity contribution in [2.75, 3.05) is 26.2 Å². The minimum absolute atomic E-state index is 0.00365. The number of likely N-dealkylation sites (tertiary alicyclic amines) is 1. The Morgan fingerprint density at radius 1 is 1.30 bits per heavy atom. The Morgan fingerprint density at radius 3 is 2.43 bits per heavy atom. The van der Waals surface area contributed by atoms with E-state index in [1.54, 1.807) is 27.7 Å². The number of esters is 1. The van der Waals surface area contributed by atoms with Gasteiger partial charge in [0.25, 0.3) is 5.91 Å². The van der Waals surface area contributed by atoms with E-state index in [1.807, 2.05) is 0 Å². The Bertz CT molecular complexity index is 557. The number of carbonyl (C=O) groups excluding carboxylic acids is 3. The number of hydrogen-bond donors (Lipinski definition) is 1. The molecule has 1 N–H and O–H groups in total. The predicted molar refractivity (Wildman–Crippen MR) is 79.6 cm³/mol. The molecule has 0 bridgehead atoms. The molecule has 2 amide bonds. The smallest absolute Gasteiger partial charge is 0.410 e. The molecule has 0 unspecified atom stereocenters. The van der Waals surface area contributed by atoms with Crippen LogP contribution in [0.25, 0.3) is 0 Å². The molecule has 128 valence electrons. The molecule has 0 aliphatic carbocycles. The Kier molecular flexibility index (Phi) is 4.53. The molecule has 0 saturated carbocycles. The lowest BCUT2D eigenvalue weighted by Crippen LogP contribution is -2.62. The van der Waals surface area contributed by atoms with Crippen molar-refractivity contribution in [2.24, 2.45) is 0 Å². The lowest BCUT2D eigenvalue weighted by atomic mass is 10.1. The van der Waals surface area contributed by atoms with E-state index < -0.39 is 29.3 Å². The van der Waals surface area contributed by atoms with E-state index in [0.29, 0.717) is 13.1 Å². The van der Waals surface area contributed by atoms with Crippen LogP contribution in [0.4, 0.5) is 4.79 Å². The average Bonchev–Trinajstić information content (AvgIpc) is 2.64. The van der Waals surface area contributed by atoms with E-state index in [4.69, 9.17) is 9.47 Å². The van der Waals surface area contributed by atoms with E-state index >= 15 is 0 Å². The van der Waals surface area contributed by atoms with Gasteiger partial charge in [0.15, 0.2) is 5.76 Å². The van der Waals surface area contributed by atoms with Crippen LogP contribution in [-0.2, 0) is 19.1 Å². The first-order valence-electron chi connectivity index (χ1n) is 7.52. The number of rotatable bonds is 3. The lowest BCUT2D eigenvalue weighted by molar-refractivity contribution is -0.138. The molecule has 2 heterocycles. The van der Waals surface area contributed by atoms with E-state index in [2.05, 4.69) is 0 Å². The summed E-state index contributed by atoms with van der Waals surface area (Å²) >= 11 is 0. The number of aliphatic hydroxyl groups is 1. The predicted octanol–water partition coefficient (Wildman–Crippen LogP) is 0.823. The lowest BCUT2D eigenvalue weighted by Gasteiger charge is -2.43. The van der Waals surface area contributed by atoms with Gasteiger partial charge in [-0.3, -0.25) is 4.79 Å². The number of nitrogens with zero attached hydrogens (tertiary/aromatic N) is 2. The van der Waals surface area contributed by atoms with Gasteiger partial charge in [-0.1, -0.05) is 0 Å². The molecule has 8 nitrogen and oxygen atoms in total. The molecular weight excluding hydrogens is 304 g/mol. The van der Waals surface area contributed by atoms with Crippen LogP contribution >= 0.6 is 0 Å². The molecule has 0 aromatic rings. The molecule has 2 aliphatic rings. The Morgan fingerprint density at radius 2 is 1.91 bits per heavy atom. The molecule has 1 fully saturated rings. The third kappa shape index (κ3) is 3.57. The minimum atomic E-state index is -0.691.